The summed E-state index contributed by atoms with van der Waals surface area (Å²) in [5.74, 6) is -0.437. The SMILES string of the molecule is O=C1CC=CCC(=O)OCCCCCCCCCCCCCCCCO1. The maximum Gasteiger partial charge on any atom is 0.309 e. The molecule has 150 valence electrons. The number of esters is 2. The summed E-state index contributed by atoms with van der Waals surface area (Å²) < 4.78 is 10.4. The maximum absolute atomic E-state index is 11.6. The molecule has 0 aromatic carbocycles. The highest BCUT2D eigenvalue weighted by atomic mass is 16.5. The van der Waals surface area contributed by atoms with Crippen molar-refractivity contribution in [3.05, 3.63) is 12.2 Å². The molecule has 0 amide bonds. The van der Waals surface area contributed by atoms with Crippen molar-refractivity contribution >= 4 is 11.9 Å². The molecule has 1 heterocycles. The molecule has 1 rings (SSSR count). The van der Waals surface area contributed by atoms with E-state index in [2.05, 4.69) is 0 Å². The highest BCUT2D eigenvalue weighted by Crippen LogP contribution is 2.13. The first kappa shape index (κ1) is 22.7. The zero-order chi connectivity index (χ0) is 18.7. The monoisotopic (exact) mass is 366 g/mol. The van der Waals surface area contributed by atoms with Crippen molar-refractivity contribution in [2.24, 2.45) is 0 Å². The van der Waals surface area contributed by atoms with Gasteiger partial charge in [0.2, 0.25) is 0 Å². The molecule has 0 fully saturated rings. The molecule has 0 saturated heterocycles. The molecule has 0 saturated carbocycles. The molecule has 0 spiro atoms. The quantitative estimate of drug-likeness (QED) is 0.396. The van der Waals surface area contributed by atoms with Crippen molar-refractivity contribution in [1.82, 2.24) is 0 Å². The molecule has 0 aromatic rings. The van der Waals surface area contributed by atoms with Crippen LogP contribution >= 0.6 is 0 Å². The number of carbonyl (C=O) groups is 2. The van der Waals surface area contributed by atoms with Gasteiger partial charge in [-0.3, -0.25) is 9.59 Å². The Balaban J connectivity index is 2.21. The van der Waals surface area contributed by atoms with E-state index >= 15 is 0 Å². The van der Waals surface area contributed by atoms with Gasteiger partial charge in [-0.15, -0.1) is 0 Å². The third kappa shape index (κ3) is 15.0. The Hall–Kier alpha value is -1.32. The van der Waals surface area contributed by atoms with E-state index in [0.717, 1.165) is 25.7 Å². The molecular formula is C22H38O4. The minimum atomic E-state index is -0.218. The summed E-state index contributed by atoms with van der Waals surface area (Å²) in [5, 5.41) is 0. The second-order valence-corrected chi connectivity index (χ2v) is 7.27. The van der Waals surface area contributed by atoms with E-state index in [1.165, 1.54) is 64.2 Å². The van der Waals surface area contributed by atoms with E-state index in [0.29, 0.717) is 13.2 Å². The molecule has 0 aliphatic carbocycles. The van der Waals surface area contributed by atoms with Crippen LogP contribution in [0.2, 0.25) is 0 Å². The van der Waals surface area contributed by atoms with Crippen LogP contribution in [-0.2, 0) is 19.1 Å². The fraction of sp³-hybridized carbons (Fsp3) is 0.818. The second kappa shape index (κ2) is 17.1. The Morgan fingerprint density at radius 1 is 0.462 bits per heavy atom. The van der Waals surface area contributed by atoms with E-state index in [9.17, 15) is 9.59 Å². The van der Waals surface area contributed by atoms with Crippen LogP contribution in [0.1, 0.15) is 103 Å². The number of carbonyl (C=O) groups excluding carboxylic acids is 2. The molecule has 0 atom stereocenters. The average Bonchev–Trinajstić information content (AvgIpc) is 2.63. The molecule has 4 nitrogen and oxygen atoms in total. The predicted octanol–water partition coefficient (Wildman–Crippen LogP) is 5.88. The van der Waals surface area contributed by atoms with Crippen molar-refractivity contribution in [1.29, 1.82) is 0 Å². The van der Waals surface area contributed by atoms with Gasteiger partial charge < -0.3 is 9.47 Å². The van der Waals surface area contributed by atoms with E-state index in [1.807, 2.05) is 0 Å². The van der Waals surface area contributed by atoms with Crippen molar-refractivity contribution in [3.63, 3.8) is 0 Å². The van der Waals surface area contributed by atoms with Crippen molar-refractivity contribution in [2.45, 2.75) is 103 Å². The molecule has 0 N–H and O–H groups in total. The lowest BCUT2D eigenvalue weighted by molar-refractivity contribution is -0.144. The summed E-state index contributed by atoms with van der Waals surface area (Å²) in [6.45, 7) is 1.02. The van der Waals surface area contributed by atoms with Gasteiger partial charge >= 0.3 is 11.9 Å². The zero-order valence-electron chi connectivity index (χ0n) is 16.5. The first-order chi connectivity index (χ1) is 12.8. The summed E-state index contributed by atoms with van der Waals surface area (Å²) in [6.07, 6.45) is 21.2. The van der Waals surface area contributed by atoms with Gasteiger partial charge in [0.1, 0.15) is 0 Å². The van der Waals surface area contributed by atoms with Crippen LogP contribution < -0.4 is 0 Å². The Bertz CT molecular complexity index is 354. The minimum Gasteiger partial charge on any atom is -0.465 e. The molecular weight excluding hydrogens is 328 g/mol. The molecule has 1 aliphatic heterocycles. The predicted molar refractivity (Wildman–Crippen MR) is 105 cm³/mol. The van der Waals surface area contributed by atoms with Crippen LogP contribution in [0.3, 0.4) is 0 Å². The van der Waals surface area contributed by atoms with Crippen LogP contribution in [0.25, 0.3) is 0 Å². The molecule has 1 aliphatic rings. The fourth-order valence-corrected chi connectivity index (χ4v) is 3.17. The van der Waals surface area contributed by atoms with Crippen LogP contribution in [0.15, 0.2) is 12.2 Å². The lowest BCUT2D eigenvalue weighted by Gasteiger charge is -2.05. The largest absolute Gasteiger partial charge is 0.465 e. The molecule has 0 bridgehead atoms. The van der Waals surface area contributed by atoms with Gasteiger partial charge in [-0.2, -0.15) is 0 Å². The van der Waals surface area contributed by atoms with Crippen LogP contribution in [0, 0.1) is 0 Å². The molecule has 4 heteroatoms. The van der Waals surface area contributed by atoms with Gasteiger partial charge in [0, 0.05) is 0 Å². The van der Waals surface area contributed by atoms with Gasteiger partial charge in [-0.05, 0) is 12.8 Å². The summed E-state index contributed by atoms with van der Waals surface area (Å²) in [6, 6.07) is 0. The highest BCUT2D eigenvalue weighted by molar-refractivity contribution is 5.73. The number of hydrogen-bond donors (Lipinski definition) is 0. The summed E-state index contributed by atoms with van der Waals surface area (Å²) >= 11 is 0. The molecule has 26 heavy (non-hydrogen) atoms. The van der Waals surface area contributed by atoms with Crippen LogP contribution in [0.4, 0.5) is 0 Å². The zero-order valence-corrected chi connectivity index (χ0v) is 16.5. The van der Waals surface area contributed by atoms with Crippen molar-refractivity contribution < 1.29 is 19.1 Å². The Morgan fingerprint density at radius 2 is 0.731 bits per heavy atom. The number of cyclic esters (lactones) is 2. The number of rotatable bonds is 0. The summed E-state index contributed by atoms with van der Waals surface area (Å²) in [4.78, 5) is 23.2. The summed E-state index contributed by atoms with van der Waals surface area (Å²) in [5.41, 5.74) is 0. The van der Waals surface area contributed by atoms with E-state index < -0.39 is 0 Å². The van der Waals surface area contributed by atoms with E-state index in [1.54, 1.807) is 12.2 Å². The number of hydrogen-bond acceptors (Lipinski definition) is 4. The van der Waals surface area contributed by atoms with Crippen molar-refractivity contribution in [2.75, 3.05) is 13.2 Å². The van der Waals surface area contributed by atoms with Gasteiger partial charge in [0.05, 0.1) is 26.1 Å². The first-order valence-corrected chi connectivity index (χ1v) is 10.8. The fourth-order valence-electron chi connectivity index (χ4n) is 3.17. The van der Waals surface area contributed by atoms with Crippen LogP contribution in [-0.4, -0.2) is 25.2 Å². The van der Waals surface area contributed by atoms with E-state index in [4.69, 9.17) is 9.47 Å². The van der Waals surface area contributed by atoms with Gasteiger partial charge in [0.15, 0.2) is 0 Å². The van der Waals surface area contributed by atoms with E-state index in [-0.39, 0.29) is 24.8 Å². The van der Waals surface area contributed by atoms with Crippen LogP contribution in [0.5, 0.6) is 0 Å². The topological polar surface area (TPSA) is 52.6 Å². The van der Waals surface area contributed by atoms with Crippen molar-refractivity contribution in [3.8, 4) is 0 Å². The smallest absolute Gasteiger partial charge is 0.309 e. The third-order valence-electron chi connectivity index (χ3n) is 4.80. The Morgan fingerprint density at radius 3 is 1.04 bits per heavy atom. The molecule has 0 radical (unpaired) electrons. The molecule has 0 aromatic heterocycles. The minimum absolute atomic E-state index is 0.218. The maximum atomic E-state index is 11.6. The Kier molecular flexibility index (Phi) is 15.0. The Labute approximate surface area is 159 Å². The van der Waals surface area contributed by atoms with Gasteiger partial charge in [-0.25, -0.2) is 0 Å². The standard InChI is InChI=1S/C22H38O4/c23-21-17-13-14-18-22(24)26-20-16-12-10-8-6-4-2-1-3-5-7-9-11-15-19-25-21/h13-14H,1-12,15-20H2. The highest BCUT2D eigenvalue weighted by Gasteiger charge is 2.02. The molecule has 0 unspecified atom stereocenters. The summed E-state index contributed by atoms with van der Waals surface area (Å²) in [7, 11) is 0. The number of ether oxygens (including phenoxy) is 2. The lowest BCUT2D eigenvalue weighted by Crippen LogP contribution is -2.05. The third-order valence-corrected chi connectivity index (χ3v) is 4.80. The second-order valence-electron chi connectivity index (χ2n) is 7.27. The normalized spacial score (nSPS) is 22.0. The first-order valence-electron chi connectivity index (χ1n) is 10.8. The van der Waals surface area contributed by atoms with Gasteiger partial charge in [-0.1, -0.05) is 89.2 Å². The average molecular weight is 367 g/mol. The van der Waals surface area contributed by atoms with Gasteiger partial charge in [0.25, 0.3) is 0 Å². The lowest BCUT2D eigenvalue weighted by atomic mass is 10.0.